The minimum Gasteiger partial charge on any atom is -0.497 e. The quantitative estimate of drug-likeness (QED) is 0.926. The van der Waals surface area contributed by atoms with Gasteiger partial charge >= 0.3 is 12.1 Å². The van der Waals surface area contributed by atoms with Gasteiger partial charge in [0, 0.05) is 12.5 Å². The zero-order valence-corrected chi connectivity index (χ0v) is 13.9. The third-order valence-electron chi connectivity index (χ3n) is 3.80. The summed E-state index contributed by atoms with van der Waals surface area (Å²) in [5.41, 5.74) is 0.191. The summed E-state index contributed by atoms with van der Waals surface area (Å²) in [6, 6.07) is 6.38. The van der Waals surface area contributed by atoms with E-state index >= 15 is 0 Å². The molecule has 1 fully saturated rings. The van der Waals surface area contributed by atoms with Gasteiger partial charge in [-0.25, -0.2) is 9.59 Å². The third-order valence-corrected chi connectivity index (χ3v) is 3.80. The second-order valence-corrected chi connectivity index (χ2v) is 6.63. The van der Waals surface area contributed by atoms with Crippen molar-refractivity contribution in [3.8, 4) is 5.75 Å². The molecule has 2 rings (SSSR count). The van der Waals surface area contributed by atoms with E-state index in [1.165, 1.54) is 4.90 Å². The van der Waals surface area contributed by atoms with E-state index < -0.39 is 23.7 Å². The molecular formula is C17H23NO5. The lowest BCUT2D eigenvalue weighted by Gasteiger charge is -2.28. The van der Waals surface area contributed by atoms with Crippen LogP contribution in [0.25, 0.3) is 0 Å². The highest BCUT2D eigenvalue weighted by Gasteiger charge is 2.44. The monoisotopic (exact) mass is 321 g/mol. The van der Waals surface area contributed by atoms with E-state index in [1.807, 2.05) is 18.2 Å². The molecule has 1 aliphatic heterocycles. The van der Waals surface area contributed by atoms with E-state index in [0.29, 0.717) is 18.7 Å². The van der Waals surface area contributed by atoms with Crippen LogP contribution in [0.4, 0.5) is 4.79 Å². The summed E-state index contributed by atoms with van der Waals surface area (Å²) >= 11 is 0. The normalized spacial score (nSPS) is 21.1. The van der Waals surface area contributed by atoms with Gasteiger partial charge in [-0.1, -0.05) is 12.1 Å². The van der Waals surface area contributed by atoms with Gasteiger partial charge in [-0.3, -0.25) is 4.90 Å². The predicted octanol–water partition coefficient (Wildman–Crippen LogP) is 2.87. The first-order valence-corrected chi connectivity index (χ1v) is 7.59. The highest BCUT2D eigenvalue weighted by molar-refractivity contribution is 5.82. The number of carbonyl (C=O) groups excluding carboxylic acids is 1. The lowest BCUT2D eigenvalue weighted by Crippen LogP contribution is -2.45. The second-order valence-electron chi connectivity index (χ2n) is 6.63. The average Bonchev–Trinajstić information content (AvgIpc) is 2.90. The number of rotatable bonds is 3. The van der Waals surface area contributed by atoms with Crippen LogP contribution in [0.15, 0.2) is 24.3 Å². The molecule has 1 N–H and O–H groups in total. The molecule has 0 bridgehead atoms. The molecule has 0 spiro atoms. The molecule has 1 aliphatic rings. The molecule has 6 heteroatoms. The van der Waals surface area contributed by atoms with E-state index in [9.17, 15) is 14.7 Å². The molecule has 1 heterocycles. The Bertz CT molecular complexity index is 593. The number of hydrogen-bond donors (Lipinski definition) is 1. The minimum atomic E-state index is -1.03. The van der Waals surface area contributed by atoms with Crippen molar-refractivity contribution in [1.82, 2.24) is 4.90 Å². The summed E-state index contributed by atoms with van der Waals surface area (Å²) in [6.45, 7) is 5.64. The number of amides is 1. The Morgan fingerprint density at radius 1 is 1.30 bits per heavy atom. The summed E-state index contributed by atoms with van der Waals surface area (Å²) in [5, 5.41) is 9.61. The molecule has 6 nitrogen and oxygen atoms in total. The van der Waals surface area contributed by atoms with Crippen LogP contribution in [0.5, 0.6) is 5.75 Å². The molecule has 1 amide bonds. The number of methoxy groups -OCH3 is 1. The fraction of sp³-hybridized carbons (Fsp3) is 0.529. The maximum absolute atomic E-state index is 12.3. The molecule has 126 valence electrons. The fourth-order valence-corrected chi connectivity index (χ4v) is 2.84. The first-order valence-electron chi connectivity index (χ1n) is 7.59. The highest BCUT2D eigenvalue weighted by Crippen LogP contribution is 2.35. The van der Waals surface area contributed by atoms with Gasteiger partial charge in [0.05, 0.1) is 7.11 Å². The Kier molecular flexibility index (Phi) is 4.82. The van der Waals surface area contributed by atoms with Crippen molar-refractivity contribution >= 4 is 12.1 Å². The molecular weight excluding hydrogens is 298 g/mol. The smallest absolute Gasteiger partial charge is 0.411 e. The van der Waals surface area contributed by atoms with Crippen molar-refractivity contribution < 1.29 is 24.2 Å². The summed E-state index contributed by atoms with van der Waals surface area (Å²) in [6.07, 6.45) is -0.0149. The van der Waals surface area contributed by atoms with Crippen LogP contribution in [0.2, 0.25) is 0 Å². The summed E-state index contributed by atoms with van der Waals surface area (Å²) in [4.78, 5) is 25.3. The maximum Gasteiger partial charge on any atom is 0.411 e. The average molecular weight is 321 g/mol. The lowest BCUT2D eigenvalue weighted by atomic mass is 9.91. The van der Waals surface area contributed by atoms with Crippen LogP contribution in [-0.2, 0) is 9.53 Å². The maximum atomic E-state index is 12.3. The van der Waals surface area contributed by atoms with Gasteiger partial charge < -0.3 is 14.6 Å². The van der Waals surface area contributed by atoms with Crippen LogP contribution < -0.4 is 4.74 Å². The van der Waals surface area contributed by atoms with E-state index in [0.717, 1.165) is 5.56 Å². The van der Waals surface area contributed by atoms with Crippen molar-refractivity contribution in [2.24, 2.45) is 0 Å². The number of ether oxygens (including phenoxy) is 2. The molecule has 1 saturated heterocycles. The Balaban J connectivity index is 2.26. The van der Waals surface area contributed by atoms with Gasteiger partial charge in [0.25, 0.3) is 0 Å². The Labute approximate surface area is 136 Å². The largest absolute Gasteiger partial charge is 0.497 e. The molecule has 0 saturated carbocycles. The van der Waals surface area contributed by atoms with Crippen LogP contribution >= 0.6 is 0 Å². The highest BCUT2D eigenvalue weighted by atomic mass is 16.6. The van der Waals surface area contributed by atoms with Crippen LogP contribution in [0.3, 0.4) is 0 Å². The summed E-state index contributed by atoms with van der Waals surface area (Å²) in [5.74, 6) is -0.640. The summed E-state index contributed by atoms with van der Waals surface area (Å²) < 4.78 is 10.5. The van der Waals surface area contributed by atoms with Crippen molar-refractivity contribution in [3.63, 3.8) is 0 Å². The van der Waals surface area contributed by atoms with Crippen LogP contribution in [-0.4, -0.2) is 47.4 Å². The van der Waals surface area contributed by atoms with Crippen molar-refractivity contribution in [2.75, 3.05) is 13.7 Å². The lowest BCUT2D eigenvalue weighted by molar-refractivity contribution is -0.142. The number of carbonyl (C=O) groups is 2. The Hall–Kier alpha value is -2.24. The van der Waals surface area contributed by atoms with Crippen molar-refractivity contribution in [1.29, 1.82) is 0 Å². The molecule has 0 unspecified atom stereocenters. The van der Waals surface area contributed by atoms with Gasteiger partial charge in [-0.05, 0) is 44.9 Å². The molecule has 0 aliphatic carbocycles. The van der Waals surface area contributed by atoms with Gasteiger partial charge in [-0.2, -0.15) is 0 Å². The molecule has 1 aromatic rings. The third kappa shape index (κ3) is 3.94. The number of benzene rings is 1. The molecule has 0 aromatic heterocycles. The molecule has 0 radical (unpaired) electrons. The standard InChI is InChI=1S/C17H23NO5/c1-17(2,3)23-16(21)18-9-8-13(14(18)15(19)20)11-6-5-7-12(10-11)22-4/h5-7,10,13-14H,8-9H2,1-4H3,(H,19,20)/t13-,14+/m0/s1. The SMILES string of the molecule is COc1cccc([C@@H]2CCN(C(=O)OC(C)(C)C)[C@H]2C(=O)O)c1. The van der Waals surface area contributed by atoms with Crippen LogP contribution in [0.1, 0.15) is 38.7 Å². The number of hydrogen-bond acceptors (Lipinski definition) is 4. The molecule has 1 aromatic carbocycles. The fourth-order valence-electron chi connectivity index (χ4n) is 2.84. The van der Waals surface area contributed by atoms with Gasteiger partial charge in [-0.15, -0.1) is 0 Å². The minimum absolute atomic E-state index is 0.282. The predicted molar refractivity (Wildman–Crippen MR) is 84.7 cm³/mol. The first-order chi connectivity index (χ1) is 10.7. The topological polar surface area (TPSA) is 76.1 Å². The number of carboxylic acid groups (broad SMARTS) is 1. The number of aliphatic carboxylic acids is 1. The zero-order chi connectivity index (χ0) is 17.2. The van der Waals surface area contributed by atoms with Crippen LogP contribution in [0, 0.1) is 0 Å². The van der Waals surface area contributed by atoms with Crippen molar-refractivity contribution in [3.05, 3.63) is 29.8 Å². The van der Waals surface area contributed by atoms with E-state index in [4.69, 9.17) is 9.47 Å². The molecule has 23 heavy (non-hydrogen) atoms. The number of likely N-dealkylation sites (tertiary alicyclic amines) is 1. The second kappa shape index (κ2) is 6.48. The zero-order valence-electron chi connectivity index (χ0n) is 13.9. The van der Waals surface area contributed by atoms with Crippen molar-refractivity contribution in [2.45, 2.75) is 44.8 Å². The Morgan fingerprint density at radius 3 is 2.57 bits per heavy atom. The summed E-state index contributed by atoms with van der Waals surface area (Å²) in [7, 11) is 1.56. The first kappa shape index (κ1) is 17.1. The van der Waals surface area contributed by atoms with Gasteiger partial charge in [0.2, 0.25) is 0 Å². The van der Waals surface area contributed by atoms with E-state index in [-0.39, 0.29) is 5.92 Å². The molecule has 2 atom stereocenters. The van der Waals surface area contributed by atoms with Gasteiger partial charge in [0.1, 0.15) is 17.4 Å². The van der Waals surface area contributed by atoms with E-state index in [1.54, 1.807) is 33.9 Å². The Morgan fingerprint density at radius 2 is 2.00 bits per heavy atom. The number of carboxylic acids is 1. The van der Waals surface area contributed by atoms with E-state index in [2.05, 4.69) is 0 Å². The van der Waals surface area contributed by atoms with Gasteiger partial charge in [0.15, 0.2) is 0 Å². The number of nitrogens with zero attached hydrogens (tertiary/aromatic N) is 1.